The van der Waals surface area contributed by atoms with E-state index in [1.165, 1.54) is 4.90 Å². The van der Waals surface area contributed by atoms with Crippen LogP contribution in [0.4, 0.5) is 4.79 Å². The van der Waals surface area contributed by atoms with Gasteiger partial charge >= 0.3 is 6.03 Å². The molecule has 2 aliphatic heterocycles. The molecule has 0 bridgehead atoms. The number of nitrogens with one attached hydrogen (secondary N) is 3. The molecule has 3 amide bonds. The van der Waals surface area contributed by atoms with Gasteiger partial charge in [-0.15, -0.1) is 24.0 Å². The van der Waals surface area contributed by atoms with Crippen molar-refractivity contribution >= 4 is 41.9 Å². The molecule has 1 unspecified atom stereocenters. The number of amides is 3. The Balaban J connectivity index is 0.00000385. The second kappa shape index (κ2) is 13.4. The molecular formula is C21H33IN6O5. The molecule has 0 aromatic heterocycles. The zero-order valence-corrected chi connectivity index (χ0v) is 21.6. The Morgan fingerprint density at radius 2 is 1.91 bits per heavy atom. The number of methoxy groups -OCH3 is 2. The summed E-state index contributed by atoms with van der Waals surface area (Å²) in [5.41, 5.74) is 1.09. The molecule has 0 spiro atoms. The van der Waals surface area contributed by atoms with E-state index >= 15 is 0 Å². The molecule has 2 fully saturated rings. The maximum absolute atomic E-state index is 11.7. The Morgan fingerprint density at radius 1 is 1.18 bits per heavy atom. The van der Waals surface area contributed by atoms with Crippen molar-refractivity contribution in [2.75, 3.05) is 73.7 Å². The molecule has 0 aliphatic carbocycles. The van der Waals surface area contributed by atoms with E-state index in [0.717, 1.165) is 18.7 Å². The molecule has 0 radical (unpaired) electrons. The quantitative estimate of drug-likeness (QED) is 0.168. The SMILES string of the molecule is CN=C(NCCN1C(=O)CNC1=O)NCC(c1ccc(OC)c(OC)c1)N1CCOCC1.I. The van der Waals surface area contributed by atoms with Gasteiger partial charge in [-0.1, -0.05) is 6.07 Å². The predicted molar refractivity (Wildman–Crippen MR) is 135 cm³/mol. The van der Waals surface area contributed by atoms with Gasteiger partial charge in [0.25, 0.3) is 0 Å². The van der Waals surface area contributed by atoms with Crippen LogP contribution in [0.15, 0.2) is 23.2 Å². The first-order chi connectivity index (χ1) is 15.6. The minimum Gasteiger partial charge on any atom is -0.493 e. The zero-order valence-electron chi connectivity index (χ0n) is 19.3. The lowest BCUT2D eigenvalue weighted by Gasteiger charge is -2.35. The van der Waals surface area contributed by atoms with Gasteiger partial charge in [0.05, 0.1) is 40.0 Å². The Bertz CT molecular complexity index is 817. The fourth-order valence-corrected chi connectivity index (χ4v) is 3.79. The number of aliphatic imine (C=N–C) groups is 1. The summed E-state index contributed by atoms with van der Waals surface area (Å²) in [7, 11) is 4.93. The highest BCUT2D eigenvalue weighted by Gasteiger charge is 2.28. The molecule has 3 rings (SSSR count). The van der Waals surface area contributed by atoms with E-state index in [-0.39, 0.29) is 55.0 Å². The lowest BCUT2D eigenvalue weighted by molar-refractivity contribution is -0.124. The molecule has 2 saturated heterocycles. The van der Waals surface area contributed by atoms with E-state index in [0.29, 0.717) is 43.8 Å². The number of urea groups is 1. The van der Waals surface area contributed by atoms with Crippen molar-refractivity contribution in [2.45, 2.75) is 6.04 Å². The van der Waals surface area contributed by atoms with Crippen LogP contribution >= 0.6 is 24.0 Å². The summed E-state index contributed by atoms with van der Waals surface area (Å²) in [5.74, 6) is 1.73. The van der Waals surface area contributed by atoms with E-state index in [9.17, 15) is 9.59 Å². The molecule has 1 aromatic rings. The second-order valence-electron chi connectivity index (χ2n) is 7.36. The van der Waals surface area contributed by atoms with Gasteiger partial charge in [0, 0.05) is 39.8 Å². The predicted octanol–water partition coefficient (Wildman–Crippen LogP) is 0.412. The third-order valence-electron chi connectivity index (χ3n) is 5.53. The first-order valence-electron chi connectivity index (χ1n) is 10.6. The van der Waals surface area contributed by atoms with Crippen molar-refractivity contribution in [3.05, 3.63) is 23.8 Å². The number of carbonyl (C=O) groups excluding carboxylic acids is 2. The summed E-state index contributed by atoms with van der Waals surface area (Å²) < 4.78 is 16.4. The molecule has 2 aliphatic rings. The normalized spacial score (nSPS) is 17.8. The Labute approximate surface area is 211 Å². The number of benzene rings is 1. The van der Waals surface area contributed by atoms with Crippen LogP contribution in [0.3, 0.4) is 0 Å². The van der Waals surface area contributed by atoms with E-state index in [4.69, 9.17) is 14.2 Å². The van der Waals surface area contributed by atoms with Crippen LogP contribution in [-0.2, 0) is 9.53 Å². The molecule has 1 aromatic carbocycles. The van der Waals surface area contributed by atoms with Crippen molar-refractivity contribution in [3.8, 4) is 11.5 Å². The molecule has 1 atom stereocenters. The van der Waals surface area contributed by atoms with Gasteiger partial charge in [0.2, 0.25) is 5.91 Å². The number of halogens is 1. The Kier molecular flexibility index (Phi) is 10.9. The number of morpholine rings is 1. The van der Waals surface area contributed by atoms with Crippen LogP contribution < -0.4 is 25.4 Å². The minimum atomic E-state index is -0.361. The molecule has 12 heteroatoms. The highest BCUT2D eigenvalue weighted by molar-refractivity contribution is 14.0. The number of guanidine groups is 1. The average Bonchev–Trinajstić information content (AvgIpc) is 3.15. The van der Waals surface area contributed by atoms with E-state index in [2.05, 4.69) is 25.8 Å². The largest absolute Gasteiger partial charge is 0.493 e. The smallest absolute Gasteiger partial charge is 0.324 e. The number of hydrogen-bond acceptors (Lipinski definition) is 7. The molecule has 3 N–H and O–H groups in total. The maximum Gasteiger partial charge on any atom is 0.324 e. The fraction of sp³-hybridized carbons (Fsp3) is 0.571. The number of ether oxygens (including phenoxy) is 3. The summed E-state index contributed by atoms with van der Waals surface area (Å²) in [6, 6.07) is 5.64. The van der Waals surface area contributed by atoms with Gasteiger partial charge in [0.1, 0.15) is 0 Å². The van der Waals surface area contributed by atoms with Gasteiger partial charge < -0.3 is 30.2 Å². The monoisotopic (exact) mass is 576 g/mol. The lowest BCUT2D eigenvalue weighted by atomic mass is 10.0. The Hall–Kier alpha value is -2.32. The first-order valence-corrected chi connectivity index (χ1v) is 10.6. The summed E-state index contributed by atoms with van der Waals surface area (Å²) >= 11 is 0. The van der Waals surface area contributed by atoms with Crippen LogP contribution in [0.5, 0.6) is 11.5 Å². The number of hydrogen-bond donors (Lipinski definition) is 3. The van der Waals surface area contributed by atoms with Gasteiger partial charge in [-0.2, -0.15) is 0 Å². The third-order valence-corrected chi connectivity index (χ3v) is 5.53. The lowest BCUT2D eigenvalue weighted by Crippen LogP contribution is -2.47. The van der Waals surface area contributed by atoms with Crippen molar-refractivity contribution in [3.63, 3.8) is 0 Å². The topological polar surface area (TPSA) is 117 Å². The van der Waals surface area contributed by atoms with Gasteiger partial charge in [-0.3, -0.25) is 19.6 Å². The fourth-order valence-electron chi connectivity index (χ4n) is 3.79. The number of nitrogens with zero attached hydrogens (tertiary/aromatic N) is 3. The van der Waals surface area contributed by atoms with Crippen LogP contribution in [-0.4, -0.2) is 101 Å². The highest BCUT2D eigenvalue weighted by Crippen LogP contribution is 2.32. The maximum atomic E-state index is 11.7. The molecule has 2 heterocycles. The second-order valence-corrected chi connectivity index (χ2v) is 7.36. The van der Waals surface area contributed by atoms with Gasteiger partial charge in [0.15, 0.2) is 17.5 Å². The molecule has 11 nitrogen and oxygen atoms in total. The summed E-state index contributed by atoms with van der Waals surface area (Å²) in [5, 5.41) is 9.04. The van der Waals surface area contributed by atoms with Crippen LogP contribution in [0, 0.1) is 0 Å². The van der Waals surface area contributed by atoms with Gasteiger partial charge in [-0.05, 0) is 17.7 Å². The van der Waals surface area contributed by atoms with Crippen LogP contribution in [0.25, 0.3) is 0 Å². The van der Waals surface area contributed by atoms with Gasteiger partial charge in [-0.25, -0.2) is 4.79 Å². The van der Waals surface area contributed by atoms with E-state index in [1.54, 1.807) is 21.3 Å². The number of rotatable bonds is 9. The average molecular weight is 576 g/mol. The molecular weight excluding hydrogens is 543 g/mol. The van der Waals surface area contributed by atoms with Crippen molar-refractivity contribution < 1.29 is 23.8 Å². The van der Waals surface area contributed by atoms with Crippen LogP contribution in [0.2, 0.25) is 0 Å². The summed E-state index contributed by atoms with van der Waals surface area (Å²) in [4.78, 5) is 31.2. The van der Waals surface area contributed by atoms with E-state index in [1.807, 2.05) is 18.2 Å². The summed E-state index contributed by atoms with van der Waals surface area (Å²) in [6.45, 7) is 4.32. The first kappa shape index (κ1) is 26.9. The molecule has 184 valence electrons. The summed E-state index contributed by atoms with van der Waals surface area (Å²) in [6.07, 6.45) is 0. The highest BCUT2D eigenvalue weighted by atomic mass is 127. The van der Waals surface area contributed by atoms with E-state index < -0.39 is 0 Å². The Morgan fingerprint density at radius 3 is 2.52 bits per heavy atom. The third kappa shape index (κ3) is 7.08. The number of imide groups is 1. The zero-order chi connectivity index (χ0) is 22.9. The van der Waals surface area contributed by atoms with Crippen molar-refractivity contribution in [1.29, 1.82) is 0 Å². The van der Waals surface area contributed by atoms with Crippen molar-refractivity contribution in [1.82, 2.24) is 25.8 Å². The number of carbonyl (C=O) groups is 2. The molecule has 33 heavy (non-hydrogen) atoms. The van der Waals surface area contributed by atoms with Crippen molar-refractivity contribution in [2.24, 2.45) is 4.99 Å². The standard InChI is InChI=1S/C21H32N6O5.HI/c1-22-20(23-6-7-27-19(28)14-25-21(27)29)24-13-16(26-8-10-32-11-9-26)15-4-5-17(30-2)18(12-15)31-3;/h4-5,12,16H,6-11,13-14H2,1-3H3,(H,25,29)(H2,22,23,24);1H. The van der Waals surface area contributed by atoms with Crippen LogP contribution in [0.1, 0.15) is 11.6 Å². The minimum absolute atomic E-state index is 0. The molecule has 0 saturated carbocycles.